The minimum Gasteiger partial charge on any atom is -0.394 e. The lowest BCUT2D eigenvalue weighted by molar-refractivity contribution is -0.0193. The van der Waals surface area contributed by atoms with E-state index in [4.69, 9.17) is 20.7 Å². The van der Waals surface area contributed by atoms with E-state index in [-0.39, 0.29) is 12.7 Å². The largest absolute Gasteiger partial charge is 0.394 e. The Morgan fingerprint density at radius 3 is 2.60 bits per heavy atom. The molecule has 0 spiro atoms. The van der Waals surface area contributed by atoms with Crippen LogP contribution in [-0.4, -0.2) is 41.7 Å². The molecule has 1 aliphatic rings. The quantitative estimate of drug-likeness (QED) is 0.442. The van der Waals surface area contributed by atoms with Crippen LogP contribution in [0.3, 0.4) is 0 Å². The van der Waals surface area contributed by atoms with Crippen LogP contribution in [0.15, 0.2) is 0 Å². The summed E-state index contributed by atoms with van der Waals surface area (Å²) < 4.78 is 5.15. The van der Waals surface area contributed by atoms with Crippen molar-refractivity contribution in [1.82, 2.24) is 0 Å². The summed E-state index contributed by atoms with van der Waals surface area (Å²) >= 11 is 0. The van der Waals surface area contributed by atoms with Crippen molar-refractivity contribution in [1.29, 1.82) is 0 Å². The second-order valence-electron chi connectivity index (χ2n) is 2.52. The highest BCUT2D eigenvalue weighted by Gasteiger charge is 2.32. The second kappa shape index (κ2) is 3.30. The van der Waals surface area contributed by atoms with E-state index in [0.717, 1.165) is 0 Å². The molecule has 4 N–H and O–H groups in total. The smallest absolute Gasteiger partial charge is 0.107 e. The molecule has 3 unspecified atom stereocenters. The van der Waals surface area contributed by atoms with Crippen molar-refractivity contribution < 1.29 is 14.9 Å². The van der Waals surface area contributed by atoms with E-state index >= 15 is 0 Å². The van der Waals surface area contributed by atoms with Crippen LogP contribution in [0.4, 0.5) is 0 Å². The van der Waals surface area contributed by atoms with E-state index < -0.39 is 12.2 Å². The summed E-state index contributed by atoms with van der Waals surface area (Å²) in [7, 11) is 0. The van der Waals surface area contributed by atoms with Gasteiger partial charge in [0.25, 0.3) is 0 Å². The van der Waals surface area contributed by atoms with E-state index in [2.05, 4.69) is 0 Å². The highest BCUT2D eigenvalue weighted by Crippen LogP contribution is 2.18. The van der Waals surface area contributed by atoms with Gasteiger partial charge in [-0.25, -0.2) is 0 Å². The molecule has 1 heterocycles. The number of hydrogen-bond donors (Lipinski definition) is 3. The lowest BCUT2D eigenvalue weighted by Gasteiger charge is -2.09. The third kappa shape index (κ3) is 1.46. The third-order valence-electron chi connectivity index (χ3n) is 1.74. The molecule has 1 saturated heterocycles. The van der Waals surface area contributed by atoms with Gasteiger partial charge in [0, 0.05) is 13.0 Å². The van der Waals surface area contributed by atoms with Gasteiger partial charge in [-0.1, -0.05) is 0 Å². The van der Waals surface area contributed by atoms with Gasteiger partial charge >= 0.3 is 0 Å². The first-order chi connectivity index (χ1) is 4.77. The van der Waals surface area contributed by atoms with Crippen LogP contribution < -0.4 is 5.73 Å². The van der Waals surface area contributed by atoms with Gasteiger partial charge in [-0.2, -0.15) is 0 Å². The summed E-state index contributed by atoms with van der Waals surface area (Å²) in [6, 6.07) is 0. The summed E-state index contributed by atoms with van der Waals surface area (Å²) in [5, 5.41) is 17.8. The Labute approximate surface area is 59.6 Å². The number of rotatable bonds is 2. The number of aliphatic hydroxyl groups is 2. The Bertz CT molecular complexity index is 109. The predicted octanol–water partition coefficient (Wildman–Crippen LogP) is -1.54. The molecule has 0 bridgehead atoms. The first kappa shape index (κ1) is 7.94. The molecule has 10 heavy (non-hydrogen) atoms. The minimum atomic E-state index is -0.543. The minimum absolute atomic E-state index is 0.0767. The standard InChI is InChI=1S/C6H13NO3/c7-2-4-1-5(9)6(3-8)10-4/h4-6,8-9H,1-3,7H2. The highest BCUT2D eigenvalue weighted by molar-refractivity contribution is 4.81. The van der Waals surface area contributed by atoms with E-state index in [0.29, 0.717) is 13.0 Å². The Morgan fingerprint density at radius 1 is 1.60 bits per heavy atom. The van der Waals surface area contributed by atoms with Crippen molar-refractivity contribution >= 4 is 0 Å². The zero-order chi connectivity index (χ0) is 7.56. The Kier molecular flexibility index (Phi) is 2.62. The fourth-order valence-electron chi connectivity index (χ4n) is 1.13. The third-order valence-corrected chi connectivity index (χ3v) is 1.74. The summed E-state index contributed by atoms with van der Waals surface area (Å²) in [5.41, 5.74) is 5.30. The summed E-state index contributed by atoms with van der Waals surface area (Å²) in [5.74, 6) is 0. The normalized spacial score (nSPS) is 40.5. The van der Waals surface area contributed by atoms with Gasteiger partial charge in [0.2, 0.25) is 0 Å². The van der Waals surface area contributed by atoms with E-state index in [9.17, 15) is 0 Å². The average molecular weight is 147 g/mol. The van der Waals surface area contributed by atoms with Crippen LogP contribution in [0.5, 0.6) is 0 Å². The Morgan fingerprint density at radius 2 is 2.30 bits per heavy atom. The number of hydrogen-bond acceptors (Lipinski definition) is 4. The highest BCUT2D eigenvalue weighted by atomic mass is 16.5. The van der Waals surface area contributed by atoms with Gasteiger partial charge in [-0.3, -0.25) is 0 Å². The Hall–Kier alpha value is -0.160. The first-order valence-corrected chi connectivity index (χ1v) is 3.42. The molecule has 0 amide bonds. The average Bonchev–Trinajstić information content (AvgIpc) is 2.30. The monoisotopic (exact) mass is 147 g/mol. The lowest BCUT2D eigenvalue weighted by atomic mass is 10.1. The maximum absolute atomic E-state index is 9.15. The van der Waals surface area contributed by atoms with Crippen LogP contribution in [-0.2, 0) is 4.74 Å². The molecule has 0 saturated carbocycles. The number of ether oxygens (including phenoxy) is 1. The summed E-state index contributed by atoms with van der Waals surface area (Å²) in [4.78, 5) is 0. The van der Waals surface area contributed by atoms with Crippen molar-refractivity contribution in [3.8, 4) is 0 Å². The molecule has 0 aromatic heterocycles. The predicted molar refractivity (Wildman–Crippen MR) is 35.4 cm³/mol. The first-order valence-electron chi connectivity index (χ1n) is 3.42. The molecule has 1 rings (SSSR count). The van der Waals surface area contributed by atoms with Gasteiger partial charge in [0.15, 0.2) is 0 Å². The summed E-state index contributed by atoms with van der Waals surface area (Å²) in [6.07, 6.45) is -0.499. The zero-order valence-corrected chi connectivity index (χ0v) is 5.73. The molecule has 4 nitrogen and oxygen atoms in total. The molecule has 0 aliphatic carbocycles. The van der Waals surface area contributed by atoms with Gasteiger partial charge in [0.1, 0.15) is 6.10 Å². The topological polar surface area (TPSA) is 75.7 Å². The molecule has 0 aromatic carbocycles. The van der Waals surface area contributed by atoms with Crippen LogP contribution in [0.2, 0.25) is 0 Å². The van der Waals surface area contributed by atoms with Crippen LogP contribution in [0.25, 0.3) is 0 Å². The van der Waals surface area contributed by atoms with Crippen LogP contribution in [0, 0.1) is 0 Å². The maximum Gasteiger partial charge on any atom is 0.107 e. The fourth-order valence-corrected chi connectivity index (χ4v) is 1.13. The zero-order valence-electron chi connectivity index (χ0n) is 5.73. The van der Waals surface area contributed by atoms with Gasteiger partial charge in [-0.15, -0.1) is 0 Å². The molecular weight excluding hydrogens is 134 g/mol. The van der Waals surface area contributed by atoms with Gasteiger partial charge in [0.05, 0.1) is 18.8 Å². The van der Waals surface area contributed by atoms with E-state index in [1.54, 1.807) is 0 Å². The fraction of sp³-hybridized carbons (Fsp3) is 1.00. The molecule has 4 heteroatoms. The molecule has 0 radical (unpaired) electrons. The second-order valence-corrected chi connectivity index (χ2v) is 2.52. The number of nitrogens with two attached hydrogens (primary N) is 1. The molecule has 1 fully saturated rings. The van der Waals surface area contributed by atoms with Gasteiger partial charge in [-0.05, 0) is 0 Å². The van der Waals surface area contributed by atoms with Crippen LogP contribution >= 0.6 is 0 Å². The molecule has 60 valence electrons. The molecular formula is C6H13NO3. The van der Waals surface area contributed by atoms with Crippen molar-refractivity contribution in [2.24, 2.45) is 5.73 Å². The van der Waals surface area contributed by atoms with Crippen molar-refractivity contribution in [3.63, 3.8) is 0 Å². The summed E-state index contributed by atoms with van der Waals surface area (Å²) in [6.45, 7) is 0.283. The van der Waals surface area contributed by atoms with E-state index in [1.165, 1.54) is 0 Å². The van der Waals surface area contributed by atoms with E-state index in [1.807, 2.05) is 0 Å². The Balaban J connectivity index is 2.36. The molecule has 1 aliphatic heterocycles. The number of aliphatic hydroxyl groups excluding tert-OH is 2. The van der Waals surface area contributed by atoms with Crippen molar-refractivity contribution in [3.05, 3.63) is 0 Å². The van der Waals surface area contributed by atoms with Crippen molar-refractivity contribution in [2.45, 2.75) is 24.7 Å². The lowest BCUT2D eigenvalue weighted by Crippen LogP contribution is -2.25. The maximum atomic E-state index is 9.15. The van der Waals surface area contributed by atoms with Crippen LogP contribution in [0.1, 0.15) is 6.42 Å². The van der Waals surface area contributed by atoms with Crippen molar-refractivity contribution in [2.75, 3.05) is 13.2 Å². The molecule has 3 atom stereocenters. The molecule has 0 aromatic rings. The SMILES string of the molecule is NCC1CC(O)C(CO)O1. The van der Waals surface area contributed by atoms with Gasteiger partial charge < -0.3 is 20.7 Å².